The second-order valence-corrected chi connectivity index (χ2v) is 7.33. The van der Waals surface area contributed by atoms with Gasteiger partial charge >= 0.3 is 7.12 Å². The third-order valence-corrected chi connectivity index (χ3v) is 4.88. The van der Waals surface area contributed by atoms with Crippen LogP contribution in [0.3, 0.4) is 0 Å². The van der Waals surface area contributed by atoms with Crippen LogP contribution in [0.4, 0.5) is 5.82 Å². The molecule has 0 atom stereocenters. The highest BCUT2D eigenvalue weighted by Gasteiger charge is 2.52. The van der Waals surface area contributed by atoms with Gasteiger partial charge in [-0.1, -0.05) is 6.08 Å². The Morgan fingerprint density at radius 3 is 2.33 bits per heavy atom. The van der Waals surface area contributed by atoms with E-state index in [1.54, 1.807) is 6.07 Å². The molecule has 1 fully saturated rings. The van der Waals surface area contributed by atoms with Gasteiger partial charge in [0.25, 0.3) is 0 Å². The molecule has 1 saturated heterocycles. The molecule has 1 aromatic rings. The lowest BCUT2D eigenvalue weighted by atomic mass is 9.78. The summed E-state index contributed by atoms with van der Waals surface area (Å²) in [5.41, 5.74) is 1.93. The third kappa shape index (κ3) is 4.02. The van der Waals surface area contributed by atoms with Crippen LogP contribution in [-0.4, -0.2) is 35.0 Å². The first-order valence-electron chi connectivity index (χ1n) is 7.98. The molecule has 1 aliphatic heterocycles. The Kier molecular flexibility index (Phi) is 5.47. The zero-order chi connectivity index (χ0) is 18.1. The van der Waals surface area contributed by atoms with Crippen molar-refractivity contribution < 1.29 is 14.1 Å². The maximum Gasteiger partial charge on any atom is 0.491 e. The molecule has 24 heavy (non-hydrogen) atoms. The number of nitrogens with one attached hydrogen (secondary N) is 1. The quantitative estimate of drug-likeness (QED) is 0.648. The number of pyridine rings is 1. The molecule has 1 N–H and O–H groups in total. The molecule has 0 saturated carbocycles. The minimum absolute atomic E-state index is 0.140. The highest BCUT2D eigenvalue weighted by atomic mass is 32.1. The lowest BCUT2D eigenvalue weighted by Crippen LogP contribution is -2.41. The van der Waals surface area contributed by atoms with Crippen molar-refractivity contribution in [1.82, 2.24) is 4.98 Å². The average Bonchev–Trinajstić information content (AvgIpc) is 2.65. The molecule has 0 radical (unpaired) electrons. The highest BCUT2D eigenvalue weighted by Crippen LogP contribution is 2.39. The Hall–Kier alpha value is -1.31. The molecule has 0 aromatic carbocycles. The minimum Gasteiger partial charge on any atom is -0.400 e. The Morgan fingerprint density at radius 1 is 1.29 bits per heavy atom. The van der Waals surface area contributed by atoms with Crippen molar-refractivity contribution in [1.29, 1.82) is 0 Å². The van der Waals surface area contributed by atoms with Gasteiger partial charge in [-0.25, -0.2) is 4.98 Å². The number of nitrogens with zero attached hydrogens (tertiary/aromatic N) is 1. The van der Waals surface area contributed by atoms with Crippen LogP contribution in [0.25, 0.3) is 6.08 Å². The number of carbonyl (C=O) groups is 1. The summed E-state index contributed by atoms with van der Waals surface area (Å²) in [5.74, 6) is 0.919. The van der Waals surface area contributed by atoms with Crippen molar-refractivity contribution in [3.63, 3.8) is 0 Å². The first-order chi connectivity index (χ1) is 11.1. The van der Waals surface area contributed by atoms with E-state index >= 15 is 0 Å². The van der Waals surface area contributed by atoms with Gasteiger partial charge in [0.05, 0.1) is 11.2 Å². The predicted octanol–water partition coefficient (Wildman–Crippen LogP) is 3.29. The van der Waals surface area contributed by atoms with Crippen LogP contribution in [0.15, 0.2) is 17.6 Å². The van der Waals surface area contributed by atoms with Crippen molar-refractivity contribution >= 4 is 37.5 Å². The van der Waals surface area contributed by atoms with E-state index in [1.165, 1.54) is 6.92 Å². The Labute approximate surface area is 149 Å². The van der Waals surface area contributed by atoms with E-state index in [1.807, 2.05) is 46.8 Å². The predicted molar refractivity (Wildman–Crippen MR) is 101 cm³/mol. The molecule has 0 unspecified atom stereocenters. The summed E-state index contributed by atoms with van der Waals surface area (Å²) in [6.07, 6.45) is 2.00. The first-order valence-corrected chi connectivity index (χ1v) is 8.61. The number of carbonyl (C=O) groups excluding carboxylic acids is 1. The van der Waals surface area contributed by atoms with Crippen LogP contribution < -0.4 is 5.32 Å². The highest BCUT2D eigenvalue weighted by molar-refractivity contribution is 7.80. The lowest BCUT2D eigenvalue weighted by Gasteiger charge is -2.32. The van der Waals surface area contributed by atoms with Crippen LogP contribution in [0.5, 0.6) is 0 Å². The summed E-state index contributed by atoms with van der Waals surface area (Å²) in [5, 5.41) is 2.68. The molecule has 130 valence electrons. The maximum absolute atomic E-state index is 11.1. The summed E-state index contributed by atoms with van der Waals surface area (Å²) >= 11 is 4.43. The maximum atomic E-state index is 11.1. The van der Waals surface area contributed by atoms with Gasteiger partial charge in [-0.05, 0) is 57.8 Å². The lowest BCUT2D eigenvalue weighted by molar-refractivity contribution is -0.114. The summed E-state index contributed by atoms with van der Waals surface area (Å²) < 4.78 is 12.2. The zero-order valence-electron chi connectivity index (χ0n) is 15.1. The zero-order valence-corrected chi connectivity index (χ0v) is 16.0. The van der Waals surface area contributed by atoms with Crippen molar-refractivity contribution in [3.8, 4) is 0 Å². The molecule has 2 heterocycles. The summed E-state index contributed by atoms with van der Waals surface area (Å²) in [6.45, 7) is 11.5. The van der Waals surface area contributed by atoms with E-state index < -0.39 is 7.12 Å². The standard InChI is InChI=1S/C17H25BN2O3S/c1-11-13(7-8-15(19-11)20-12(2)21)9-14(10-24)18-22-16(3,4)17(5,6)23-18/h7-9,24H,10H2,1-6H3,(H,19,20,21). The number of aromatic nitrogens is 1. The van der Waals surface area contributed by atoms with Crippen LogP contribution in [0.1, 0.15) is 45.9 Å². The van der Waals surface area contributed by atoms with Crippen LogP contribution in [0, 0.1) is 6.92 Å². The molecule has 7 heteroatoms. The SMILES string of the molecule is CC(=O)Nc1ccc(C=C(CS)B2OC(C)(C)C(C)(C)O2)c(C)n1. The Morgan fingerprint density at radius 2 is 1.88 bits per heavy atom. The van der Waals surface area contributed by atoms with Gasteiger partial charge in [-0.15, -0.1) is 0 Å². The van der Waals surface area contributed by atoms with Gasteiger partial charge in [-0.3, -0.25) is 4.79 Å². The van der Waals surface area contributed by atoms with E-state index in [4.69, 9.17) is 9.31 Å². The van der Waals surface area contributed by atoms with Crippen LogP contribution in [-0.2, 0) is 14.1 Å². The van der Waals surface area contributed by atoms with Gasteiger partial charge in [0.1, 0.15) is 5.82 Å². The molecule has 1 amide bonds. The van der Waals surface area contributed by atoms with Crippen molar-refractivity contribution in [2.75, 3.05) is 11.1 Å². The summed E-state index contributed by atoms with van der Waals surface area (Å²) in [7, 11) is -0.429. The van der Waals surface area contributed by atoms with Gasteiger partial charge in [0.15, 0.2) is 0 Å². The smallest absolute Gasteiger partial charge is 0.400 e. The third-order valence-electron chi connectivity index (χ3n) is 4.51. The summed E-state index contributed by atoms with van der Waals surface area (Å²) in [4.78, 5) is 15.5. The molecule has 0 spiro atoms. The fraction of sp³-hybridized carbons (Fsp3) is 0.529. The van der Waals surface area contributed by atoms with Crippen molar-refractivity contribution in [3.05, 3.63) is 28.9 Å². The number of aryl methyl sites for hydroxylation is 1. The fourth-order valence-electron chi connectivity index (χ4n) is 2.36. The fourth-order valence-corrected chi connectivity index (χ4v) is 2.60. The van der Waals surface area contributed by atoms with Crippen LogP contribution >= 0.6 is 12.6 Å². The van der Waals surface area contributed by atoms with Crippen molar-refractivity contribution in [2.24, 2.45) is 0 Å². The Bertz CT molecular complexity index is 658. The van der Waals surface area contributed by atoms with Gasteiger partial charge in [0, 0.05) is 18.4 Å². The monoisotopic (exact) mass is 348 g/mol. The van der Waals surface area contributed by atoms with E-state index in [0.717, 1.165) is 16.7 Å². The molecule has 5 nitrogen and oxygen atoms in total. The topological polar surface area (TPSA) is 60.5 Å². The second kappa shape index (κ2) is 6.90. The average molecular weight is 348 g/mol. The number of rotatable bonds is 4. The normalized spacial score (nSPS) is 19.5. The largest absolute Gasteiger partial charge is 0.491 e. The number of thiol groups is 1. The molecule has 2 rings (SSSR count). The van der Waals surface area contributed by atoms with E-state index in [-0.39, 0.29) is 17.1 Å². The van der Waals surface area contributed by atoms with Crippen LogP contribution in [0.2, 0.25) is 0 Å². The van der Waals surface area contributed by atoms with Gasteiger partial charge in [-0.2, -0.15) is 12.6 Å². The minimum atomic E-state index is -0.429. The Balaban J connectivity index is 2.27. The number of hydrogen-bond acceptors (Lipinski definition) is 5. The summed E-state index contributed by atoms with van der Waals surface area (Å²) in [6, 6.07) is 3.70. The van der Waals surface area contributed by atoms with E-state index in [9.17, 15) is 4.79 Å². The first kappa shape index (κ1) is 19.0. The molecule has 1 aliphatic rings. The van der Waals surface area contributed by atoms with Gasteiger partial charge < -0.3 is 14.6 Å². The molecule has 1 aromatic heterocycles. The molecule has 0 bridgehead atoms. The van der Waals surface area contributed by atoms with Crippen molar-refractivity contribution in [2.45, 2.75) is 52.7 Å². The van der Waals surface area contributed by atoms with E-state index in [0.29, 0.717) is 11.6 Å². The molecular weight excluding hydrogens is 323 g/mol. The number of hydrogen-bond donors (Lipinski definition) is 2. The number of anilines is 1. The van der Waals surface area contributed by atoms with E-state index in [2.05, 4.69) is 22.9 Å². The second-order valence-electron chi connectivity index (χ2n) is 7.02. The number of amides is 1. The molecular formula is C17H25BN2O3S. The van der Waals surface area contributed by atoms with Gasteiger partial charge in [0.2, 0.25) is 5.91 Å². The molecule has 0 aliphatic carbocycles.